The van der Waals surface area contributed by atoms with E-state index in [1.54, 1.807) is 0 Å². The first-order chi connectivity index (χ1) is 9.85. The van der Waals surface area contributed by atoms with Gasteiger partial charge in [0.15, 0.2) is 0 Å². The minimum atomic E-state index is -3.97. The molecule has 7 heteroatoms. The van der Waals surface area contributed by atoms with Gasteiger partial charge in [-0.25, -0.2) is 17.5 Å². The summed E-state index contributed by atoms with van der Waals surface area (Å²) in [6, 6.07) is 5.87. The summed E-state index contributed by atoms with van der Waals surface area (Å²) in [5.74, 6) is -0.766. The first-order valence-electron chi connectivity index (χ1n) is 6.46. The number of halogens is 1. The molecule has 0 bridgehead atoms. The van der Waals surface area contributed by atoms with E-state index in [9.17, 15) is 12.8 Å². The molecule has 0 spiro atoms. The second-order valence-corrected chi connectivity index (χ2v) is 7.41. The van der Waals surface area contributed by atoms with Crippen LogP contribution in [0, 0.1) is 12.7 Å². The molecule has 1 heterocycles. The quantitative estimate of drug-likeness (QED) is 0.828. The van der Waals surface area contributed by atoms with Crippen LogP contribution in [0.1, 0.15) is 29.8 Å². The van der Waals surface area contributed by atoms with Gasteiger partial charge in [0.2, 0.25) is 10.0 Å². The Morgan fingerprint density at radius 2 is 2.14 bits per heavy atom. The lowest BCUT2D eigenvalue weighted by molar-refractivity contribution is 0.535. The van der Waals surface area contributed by atoms with Crippen molar-refractivity contribution in [1.29, 1.82) is 0 Å². The first kappa shape index (κ1) is 15.9. The van der Waals surface area contributed by atoms with Gasteiger partial charge in [-0.15, -0.1) is 11.3 Å². The third kappa shape index (κ3) is 3.42. The zero-order valence-corrected chi connectivity index (χ0v) is 13.4. The van der Waals surface area contributed by atoms with Crippen molar-refractivity contribution in [2.45, 2.75) is 31.2 Å². The fraction of sp³-hybridized carbons (Fsp3) is 0.286. The highest BCUT2D eigenvalue weighted by Crippen LogP contribution is 2.26. The van der Waals surface area contributed by atoms with Gasteiger partial charge < -0.3 is 5.73 Å². The van der Waals surface area contributed by atoms with E-state index >= 15 is 0 Å². The molecule has 1 aromatic heterocycles. The van der Waals surface area contributed by atoms with Crippen molar-refractivity contribution in [2.24, 2.45) is 0 Å². The molecule has 2 rings (SSSR count). The maximum atomic E-state index is 14.1. The molecule has 0 aliphatic heterocycles. The summed E-state index contributed by atoms with van der Waals surface area (Å²) in [5.41, 5.74) is 6.05. The zero-order chi connectivity index (χ0) is 15.6. The van der Waals surface area contributed by atoms with Gasteiger partial charge in [-0.2, -0.15) is 0 Å². The Morgan fingerprint density at radius 3 is 2.71 bits per heavy atom. The van der Waals surface area contributed by atoms with Gasteiger partial charge in [0.05, 0.1) is 6.04 Å². The lowest BCUT2D eigenvalue weighted by Crippen LogP contribution is -2.28. The van der Waals surface area contributed by atoms with E-state index in [-0.39, 0.29) is 17.3 Å². The van der Waals surface area contributed by atoms with Crippen molar-refractivity contribution in [3.63, 3.8) is 0 Å². The molecular weight excluding hydrogens is 311 g/mol. The second kappa shape index (κ2) is 6.13. The predicted molar refractivity (Wildman–Crippen MR) is 83.2 cm³/mol. The lowest BCUT2D eigenvalue weighted by Gasteiger charge is -2.17. The summed E-state index contributed by atoms with van der Waals surface area (Å²) < 4.78 is 41.5. The standard InChI is InChI=1S/C14H17FN2O2S2/c1-3-11(12-5-4-6-20-12)17-21(18,19)13-8-10(16)7-9(2)14(13)15/h4-8,11,17H,3,16H2,1-2H3. The van der Waals surface area contributed by atoms with Crippen LogP contribution in [0.4, 0.5) is 10.1 Å². The summed E-state index contributed by atoms with van der Waals surface area (Å²) in [6.45, 7) is 3.36. The van der Waals surface area contributed by atoms with Gasteiger partial charge in [-0.1, -0.05) is 13.0 Å². The van der Waals surface area contributed by atoms with Crippen LogP contribution in [0.3, 0.4) is 0 Å². The minimum absolute atomic E-state index is 0.208. The zero-order valence-electron chi connectivity index (χ0n) is 11.8. The van der Waals surface area contributed by atoms with Crippen molar-refractivity contribution in [1.82, 2.24) is 4.72 Å². The molecule has 0 fully saturated rings. The predicted octanol–water partition coefficient (Wildman–Crippen LogP) is 3.21. The maximum absolute atomic E-state index is 14.1. The van der Waals surface area contributed by atoms with E-state index in [0.29, 0.717) is 6.42 Å². The van der Waals surface area contributed by atoms with Crippen LogP contribution in [-0.4, -0.2) is 8.42 Å². The van der Waals surface area contributed by atoms with Gasteiger partial charge in [0, 0.05) is 10.6 Å². The number of aryl methyl sites for hydroxylation is 1. The number of hydrogen-bond donors (Lipinski definition) is 2. The third-order valence-corrected chi connectivity index (χ3v) is 5.58. The molecule has 3 N–H and O–H groups in total. The molecule has 2 aromatic rings. The average molecular weight is 328 g/mol. The largest absolute Gasteiger partial charge is 0.399 e. The minimum Gasteiger partial charge on any atom is -0.399 e. The Hall–Kier alpha value is -1.44. The second-order valence-electron chi connectivity index (χ2n) is 4.75. The topological polar surface area (TPSA) is 72.2 Å². The number of anilines is 1. The van der Waals surface area contributed by atoms with E-state index in [1.807, 2.05) is 24.4 Å². The van der Waals surface area contributed by atoms with E-state index in [2.05, 4.69) is 4.72 Å². The van der Waals surface area contributed by atoms with Gasteiger partial charge in [-0.05, 0) is 42.5 Å². The number of hydrogen-bond acceptors (Lipinski definition) is 4. The first-order valence-corrected chi connectivity index (χ1v) is 8.82. The number of thiophene rings is 1. The lowest BCUT2D eigenvalue weighted by atomic mass is 10.2. The molecule has 114 valence electrons. The van der Waals surface area contributed by atoms with Gasteiger partial charge in [0.25, 0.3) is 0 Å². The SMILES string of the molecule is CCC(NS(=O)(=O)c1cc(N)cc(C)c1F)c1cccs1. The van der Waals surface area contributed by atoms with Crippen molar-refractivity contribution in [3.05, 3.63) is 45.9 Å². The van der Waals surface area contributed by atoms with Crippen molar-refractivity contribution < 1.29 is 12.8 Å². The number of benzene rings is 1. The van der Waals surface area contributed by atoms with Crippen molar-refractivity contribution >= 4 is 27.0 Å². The molecule has 1 aromatic carbocycles. The van der Waals surface area contributed by atoms with Crippen LogP contribution in [0.5, 0.6) is 0 Å². The molecule has 0 saturated carbocycles. The molecule has 0 radical (unpaired) electrons. The summed E-state index contributed by atoms with van der Waals surface area (Å²) >= 11 is 1.46. The Balaban J connectivity index is 2.39. The van der Waals surface area contributed by atoms with Gasteiger partial charge >= 0.3 is 0 Å². The molecule has 0 aliphatic carbocycles. The van der Waals surface area contributed by atoms with Crippen LogP contribution in [0.15, 0.2) is 34.5 Å². The molecule has 1 unspecified atom stereocenters. The van der Waals surface area contributed by atoms with E-state index < -0.39 is 20.7 Å². The molecule has 0 aliphatic rings. The third-order valence-electron chi connectivity index (χ3n) is 3.13. The van der Waals surface area contributed by atoms with Crippen LogP contribution in [0.25, 0.3) is 0 Å². The summed E-state index contributed by atoms with van der Waals surface area (Å²) in [7, 11) is -3.97. The van der Waals surface area contributed by atoms with Crippen molar-refractivity contribution in [3.8, 4) is 0 Å². The maximum Gasteiger partial charge on any atom is 0.244 e. The van der Waals surface area contributed by atoms with Gasteiger partial charge in [0.1, 0.15) is 10.7 Å². The Labute approximate surface area is 127 Å². The van der Waals surface area contributed by atoms with Crippen LogP contribution in [0.2, 0.25) is 0 Å². The molecule has 4 nitrogen and oxygen atoms in total. The molecule has 0 amide bonds. The molecule has 1 atom stereocenters. The number of sulfonamides is 1. The van der Waals surface area contributed by atoms with Crippen molar-refractivity contribution in [2.75, 3.05) is 5.73 Å². The average Bonchev–Trinajstić information content (AvgIpc) is 2.94. The smallest absolute Gasteiger partial charge is 0.244 e. The van der Waals surface area contributed by atoms with E-state index in [4.69, 9.17) is 5.73 Å². The normalized spacial score (nSPS) is 13.3. The Morgan fingerprint density at radius 1 is 1.43 bits per heavy atom. The Kier molecular flexibility index (Phi) is 4.65. The highest BCUT2D eigenvalue weighted by Gasteiger charge is 2.25. The van der Waals surface area contributed by atoms with Gasteiger partial charge in [-0.3, -0.25) is 0 Å². The monoisotopic (exact) mass is 328 g/mol. The number of nitrogens with two attached hydrogens (primary N) is 1. The fourth-order valence-corrected chi connectivity index (χ4v) is 4.46. The van der Waals surface area contributed by atoms with E-state index in [0.717, 1.165) is 10.9 Å². The van der Waals surface area contributed by atoms with Crippen LogP contribution in [-0.2, 0) is 10.0 Å². The number of rotatable bonds is 5. The highest BCUT2D eigenvalue weighted by molar-refractivity contribution is 7.89. The molecular formula is C14H17FN2O2S2. The fourth-order valence-electron chi connectivity index (χ4n) is 2.04. The van der Waals surface area contributed by atoms with Crippen LogP contribution < -0.4 is 10.5 Å². The number of nitrogens with one attached hydrogen (secondary N) is 1. The molecule has 0 saturated heterocycles. The highest BCUT2D eigenvalue weighted by atomic mass is 32.2. The Bertz CT molecular complexity index is 728. The summed E-state index contributed by atoms with van der Waals surface area (Å²) in [6.07, 6.45) is 0.572. The number of nitrogen functional groups attached to an aromatic ring is 1. The summed E-state index contributed by atoms with van der Waals surface area (Å²) in [5, 5.41) is 1.87. The molecule has 21 heavy (non-hydrogen) atoms. The van der Waals surface area contributed by atoms with Crippen LogP contribution >= 0.6 is 11.3 Å². The summed E-state index contributed by atoms with van der Waals surface area (Å²) in [4.78, 5) is 0.483. The van der Waals surface area contributed by atoms with E-state index in [1.165, 1.54) is 24.3 Å².